The van der Waals surface area contributed by atoms with E-state index in [-0.39, 0.29) is 22.6 Å². The predicted octanol–water partition coefficient (Wildman–Crippen LogP) is 2.61. The van der Waals surface area contributed by atoms with Crippen LogP contribution < -0.4 is 15.5 Å². The maximum atomic E-state index is 13.2. The summed E-state index contributed by atoms with van der Waals surface area (Å²) in [5.41, 5.74) is 0.559. The third-order valence-electron chi connectivity index (χ3n) is 5.70. The number of nitrogens with one attached hydrogen (secondary N) is 1. The molecule has 0 saturated carbocycles. The fraction of sp³-hybridized carbons (Fsp3) is 0.348. The standard InChI is InChI=1S/C23H26N4O5S/c1-32-22-11-10-17(33(30,31)26-12-6-2-3-7-13-26)14-19(22)25-23(29)16-27-20-9-5-4-8-18(20)21(28)15-24-27/h4-5,8-11,14-15H,2-3,6-7,12-13,16H2,1H3,(H,25,29). The zero-order valence-electron chi connectivity index (χ0n) is 18.4. The summed E-state index contributed by atoms with van der Waals surface area (Å²) in [7, 11) is -2.24. The van der Waals surface area contributed by atoms with Gasteiger partial charge in [0.05, 0.1) is 29.4 Å². The van der Waals surface area contributed by atoms with Crippen molar-refractivity contribution in [1.29, 1.82) is 0 Å². The van der Waals surface area contributed by atoms with Crippen LogP contribution in [-0.4, -0.2) is 48.6 Å². The van der Waals surface area contributed by atoms with E-state index in [4.69, 9.17) is 4.74 Å². The van der Waals surface area contributed by atoms with Crippen molar-refractivity contribution in [3.8, 4) is 5.75 Å². The molecule has 1 amide bonds. The van der Waals surface area contributed by atoms with Crippen LogP contribution >= 0.6 is 0 Å². The quantitative estimate of drug-likeness (QED) is 0.593. The number of benzene rings is 2. The molecule has 33 heavy (non-hydrogen) atoms. The van der Waals surface area contributed by atoms with E-state index in [0.717, 1.165) is 25.7 Å². The Morgan fingerprint density at radius 3 is 2.55 bits per heavy atom. The highest BCUT2D eigenvalue weighted by Crippen LogP contribution is 2.30. The molecule has 2 aromatic carbocycles. The van der Waals surface area contributed by atoms with E-state index in [0.29, 0.717) is 29.7 Å². The van der Waals surface area contributed by atoms with Gasteiger partial charge in [-0.25, -0.2) is 8.42 Å². The number of nitrogens with zero attached hydrogens (tertiary/aromatic N) is 3. The smallest absolute Gasteiger partial charge is 0.246 e. The maximum Gasteiger partial charge on any atom is 0.246 e. The average Bonchev–Trinajstić information content (AvgIpc) is 3.11. The molecular weight excluding hydrogens is 444 g/mol. The van der Waals surface area contributed by atoms with Crippen LogP contribution in [0.15, 0.2) is 58.4 Å². The summed E-state index contributed by atoms with van der Waals surface area (Å²) in [4.78, 5) is 24.9. The molecule has 9 nitrogen and oxygen atoms in total. The van der Waals surface area contributed by atoms with Crippen molar-refractivity contribution in [1.82, 2.24) is 14.1 Å². The number of carbonyl (C=O) groups excluding carboxylic acids is 1. The number of ether oxygens (including phenoxy) is 1. The van der Waals surface area contributed by atoms with Crippen LogP contribution in [0.1, 0.15) is 25.7 Å². The molecule has 2 heterocycles. The van der Waals surface area contributed by atoms with Gasteiger partial charge in [0.25, 0.3) is 0 Å². The van der Waals surface area contributed by atoms with Gasteiger partial charge in [0, 0.05) is 18.5 Å². The SMILES string of the molecule is COc1ccc(S(=O)(=O)N2CCCCCC2)cc1NC(=O)Cn1ncc(=O)c2ccccc21. The summed E-state index contributed by atoms with van der Waals surface area (Å²) in [6.07, 6.45) is 4.87. The minimum Gasteiger partial charge on any atom is -0.495 e. The number of amides is 1. The Hall–Kier alpha value is -3.24. The molecule has 0 bridgehead atoms. The summed E-state index contributed by atoms with van der Waals surface area (Å²) in [5, 5.41) is 7.26. The number of aromatic nitrogens is 2. The third kappa shape index (κ3) is 4.91. The van der Waals surface area contributed by atoms with Crippen LogP contribution in [-0.2, 0) is 21.4 Å². The zero-order valence-corrected chi connectivity index (χ0v) is 19.2. The minimum atomic E-state index is -3.69. The number of hydrogen-bond donors (Lipinski definition) is 1. The number of methoxy groups -OCH3 is 1. The number of anilines is 1. The van der Waals surface area contributed by atoms with Gasteiger partial charge < -0.3 is 10.1 Å². The summed E-state index contributed by atoms with van der Waals surface area (Å²) >= 11 is 0. The Labute approximate surface area is 192 Å². The van der Waals surface area contributed by atoms with E-state index < -0.39 is 15.9 Å². The second kappa shape index (κ2) is 9.72. The van der Waals surface area contributed by atoms with Gasteiger partial charge in [-0.2, -0.15) is 9.40 Å². The first-order chi connectivity index (χ1) is 15.9. The van der Waals surface area contributed by atoms with Crippen LogP contribution in [0.5, 0.6) is 5.75 Å². The molecule has 0 aliphatic carbocycles. The molecule has 4 rings (SSSR count). The van der Waals surface area contributed by atoms with Gasteiger partial charge in [-0.3, -0.25) is 14.3 Å². The summed E-state index contributed by atoms with van der Waals surface area (Å²) < 4.78 is 34.6. The summed E-state index contributed by atoms with van der Waals surface area (Å²) in [6.45, 7) is 0.815. The largest absolute Gasteiger partial charge is 0.495 e. The Morgan fingerprint density at radius 1 is 1.09 bits per heavy atom. The molecule has 1 aromatic heterocycles. The van der Waals surface area contributed by atoms with E-state index in [1.54, 1.807) is 24.3 Å². The van der Waals surface area contributed by atoms with Crippen LogP contribution in [0.25, 0.3) is 10.9 Å². The summed E-state index contributed by atoms with van der Waals surface area (Å²) in [5.74, 6) is -0.0881. The molecule has 0 unspecified atom stereocenters. The monoisotopic (exact) mass is 470 g/mol. The van der Waals surface area contributed by atoms with Crippen LogP contribution in [0.4, 0.5) is 5.69 Å². The van der Waals surface area contributed by atoms with Crippen molar-refractivity contribution in [2.24, 2.45) is 0 Å². The molecule has 1 fully saturated rings. The lowest BCUT2D eigenvalue weighted by Gasteiger charge is -2.21. The fourth-order valence-corrected chi connectivity index (χ4v) is 5.53. The molecule has 10 heteroatoms. The van der Waals surface area contributed by atoms with Gasteiger partial charge in [-0.15, -0.1) is 0 Å². The van der Waals surface area contributed by atoms with Crippen molar-refractivity contribution >= 4 is 32.5 Å². The van der Waals surface area contributed by atoms with E-state index in [1.165, 1.54) is 40.5 Å². The van der Waals surface area contributed by atoms with Crippen LogP contribution in [0, 0.1) is 0 Å². The molecule has 1 aliphatic rings. The normalized spacial score (nSPS) is 15.2. The van der Waals surface area contributed by atoms with Crippen molar-refractivity contribution in [3.63, 3.8) is 0 Å². The Morgan fingerprint density at radius 2 is 1.82 bits per heavy atom. The van der Waals surface area contributed by atoms with Crippen LogP contribution in [0.2, 0.25) is 0 Å². The highest BCUT2D eigenvalue weighted by Gasteiger charge is 2.26. The van der Waals surface area contributed by atoms with E-state index in [9.17, 15) is 18.0 Å². The first-order valence-corrected chi connectivity index (χ1v) is 12.3. The van der Waals surface area contributed by atoms with Crippen molar-refractivity contribution < 1.29 is 17.9 Å². The summed E-state index contributed by atoms with van der Waals surface area (Å²) in [6, 6.07) is 11.3. The molecule has 174 valence electrons. The first kappa shape index (κ1) is 22.9. The van der Waals surface area contributed by atoms with Gasteiger partial charge in [-0.1, -0.05) is 25.0 Å². The van der Waals surface area contributed by atoms with Crippen LogP contribution in [0.3, 0.4) is 0 Å². The van der Waals surface area contributed by atoms with Gasteiger partial charge in [0.1, 0.15) is 12.3 Å². The number of para-hydroxylation sites is 1. The molecule has 1 N–H and O–H groups in total. The Bertz CT molecular complexity index is 1330. The minimum absolute atomic E-state index is 0.104. The van der Waals surface area contributed by atoms with E-state index in [2.05, 4.69) is 10.4 Å². The van der Waals surface area contributed by atoms with Gasteiger partial charge in [-0.05, 0) is 43.2 Å². The Kier molecular flexibility index (Phi) is 6.75. The molecule has 0 spiro atoms. The third-order valence-corrected chi connectivity index (χ3v) is 7.60. The van der Waals surface area contributed by atoms with Crippen molar-refractivity contribution in [2.75, 3.05) is 25.5 Å². The fourth-order valence-electron chi connectivity index (χ4n) is 3.99. The molecule has 1 saturated heterocycles. The molecule has 0 radical (unpaired) electrons. The zero-order chi connectivity index (χ0) is 23.4. The average molecular weight is 471 g/mol. The highest BCUT2D eigenvalue weighted by atomic mass is 32.2. The van der Waals surface area contributed by atoms with Gasteiger partial charge in [0.2, 0.25) is 21.4 Å². The van der Waals surface area contributed by atoms with Gasteiger partial charge >= 0.3 is 0 Å². The van der Waals surface area contributed by atoms with E-state index >= 15 is 0 Å². The second-order valence-corrected chi connectivity index (χ2v) is 9.85. The van der Waals surface area contributed by atoms with Gasteiger partial charge in [0.15, 0.2) is 0 Å². The topological polar surface area (TPSA) is 111 Å². The lowest BCUT2D eigenvalue weighted by Crippen LogP contribution is -2.32. The number of rotatable bonds is 6. The molecule has 3 aromatic rings. The number of fused-ring (bicyclic) bond motifs is 1. The lowest BCUT2D eigenvalue weighted by atomic mass is 10.2. The van der Waals surface area contributed by atoms with Crippen molar-refractivity contribution in [2.45, 2.75) is 37.1 Å². The van der Waals surface area contributed by atoms with Crippen molar-refractivity contribution in [3.05, 3.63) is 58.9 Å². The van der Waals surface area contributed by atoms with E-state index in [1.807, 2.05) is 0 Å². The lowest BCUT2D eigenvalue weighted by molar-refractivity contribution is -0.116. The number of hydrogen-bond acceptors (Lipinski definition) is 6. The number of sulfonamides is 1. The molecule has 1 aliphatic heterocycles. The number of carbonyl (C=O) groups is 1. The first-order valence-electron chi connectivity index (χ1n) is 10.8. The maximum absolute atomic E-state index is 13.2. The second-order valence-electron chi connectivity index (χ2n) is 7.91. The molecule has 0 atom stereocenters. The predicted molar refractivity (Wildman–Crippen MR) is 125 cm³/mol. The highest BCUT2D eigenvalue weighted by molar-refractivity contribution is 7.89. The molecular formula is C23H26N4O5S. The Balaban J connectivity index is 1.59.